The van der Waals surface area contributed by atoms with Gasteiger partial charge in [-0.05, 0) is 13.8 Å². The van der Waals surface area contributed by atoms with Crippen LogP contribution in [0.15, 0.2) is 0 Å². The van der Waals surface area contributed by atoms with Crippen molar-refractivity contribution in [1.29, 1.82) is 0 Å². The van der Waals surface area contributed by atoms with Crippen molar-refractivity contribution >= 4 is 0 Å². The molecule has 3 heteroatoms. The topological polar surface area (TPSA) is 33.3 Å². The quantitative estimate of drug-likeness (QED) is 0.486. The van der Waals surface area contributed by atoms with E-state index >= 15 is 0 Å². The Labute approximate surface area is 61.1 Å². The van der Waals surface area contributed by atoms with Crippen LogP contribution in [0.4, 0.5) is 0 Å². The van der Waals surface area contributed by atoms with E-state index in [4.69, 9.17) is 4.74 Å². The SMILES string of the molecule is CC1(C)NC2CNCC2O1. The maximum Gasteiger partial charge on any atom is 0.114 e. The number of rotatable bonds is 0. The van der Waals surface area contributed by atoms with Gasteiger partial charge in [-0.3, -0.25) is 5.32 Å². The molecule has 0 aliphatic carbocycles. The standard InChI is InChI=1S/C7H14N2O/c1-7(2)9-5-3-8-4-6(5)10-7/h5-6,8-9H,3-4H2,1-2H3. The number of ether oxygens (including phenoxy) is 1. The van der Waals surface area contributed by atoms with Crippen LogP contribution < -0.4 is 10.6 Å². The van der Waals surface area contributed by atoms with E-state index in [0.29, 0.717) is 12.1 Å². The van der Waals surface area contributed by atoms with Gasteiger partial charge in [0.05, 0.1) is 6.10 Å². The summed E-state index contributed by atoms with van der Waals surface area (Å²) >= 11 is 0. The van der Waals surface area contributed by atoms with Gasteiger partial charge in [-0.15, -0.1) is 0 Å². The fraction of sp³-hybridized carbons (Fsp3) is 1.00. The van der Waals surface area contributed by atoms with E-state index in [1.165, 1.54) is 0 Å². The Hall–Kier alpha value is -0.120. The van der Waals surface area contributed by atoms with Gasteiger partial charge >= 0.3 is 0 Å². The number of hydrogen-bond acceptors (Lipinski definition) is 3. The lowest BCUT2D eigenvalue weighted by Crippen LogP contribution is -2.40. The Morgan fingerprint density at radius 1 is 1.40 bits per heavy atom. The van der Waals surface area contributed by atoms with Gasteiger partial charge in [-0.2, -0.15) is 0 Å². The summed E-state index contributed by atoms with van der Waals surface area (Å²) < 4.78 is 5.70. The van der Waals surface area contributed by atoms with Gasteiger partial charge in [0.15, 0.2) is 0 Å². The Bertz CT molecular complexity index is 133. The molecule has 2 atom stereocenters. The van der Waals surface area contributed by atoms with Crippen LogP contribution in [0, 0.1) is 0 Å². The molecule has 2 heterocycles. The number of hydrogen-bond donors (Lipinski definition) is 2. The maximum atomic E-state index is 5.70. The number of nitrogens with one attached hydrogen (secondary N) is 2. The predicted molar refractivity (Wildman–Crippen MR) is 38.7 cm³/mol. The third-order valence-corrected chi connectivity index (χ3v) is 2.14. The first kappa shape index (κ1) is 6.58. The molecule has 2 saturated heterocycles. The third kappa shape index (κ3) is 0.944. The van der Waals surface area contributed by atoms with Crippen molar-refractivity contribution in [3.05, 3.63) is 0 Å². The van der Waals surface area contributed by atoms with Crippen molar-refractivity contribution in [3.63, 3.8) is 0 Å². The minimum Gasteiger partial charge on any atom is -0.355 e. The molecule has 0 aromatic rings. The molecule has 2 unspecified atom stereocenters. The molecule has 2 rings (SSSR count). The highest BCUT2D eigenvalue weighted by atomic mass is 16.5. The molecule has 2 aliphatic heterocycles. The van der Waals surface area contributed by atoms with Gasteiger partial charge in [0.2, 0.25) is 0 Å². The fourth-order valence-corrected chi connectivity index (χ4v) is 1.78. The molecule has 2 N–H and O–H groups in total. The summed E-state index contributed by atoms with van der Waals surface area (Å²) in [6, 6.07) is 0.537. The van der Waals surface area contributed by atoms with Gasteiger partial charge in [0.1, 0.15) is 5.72 Å². The van der Waals surface area contributed by atoms with Crippen LogP contribution in [0.25, 0.3) is 0 Å². The zero-order chi connectivity index (χ0) is 7.19. The first-order valence-corrected chi connectivity index (χ1v) is 3.84. The van der Waals surface area contributed by atoms with Gasteiger partial charge in [0.25, 0.3) is 0 Å². The van der Waals surface area contributed by atoms with Crippen molar-refractivity contribution in [2.24, 2.45) is 0 Å². The highest BCUT2D eigenvalue weighted by Gasteiger charge is 2.41. The van der Waals surface area contributed by atoms with Crippen molar-refractivity contribution in [1.82, 2.24) is 10.6 Å². The highest BCUT2D eigenvalue weighted by molar-refractivity contribution is 4.96. The lowest BCUT2D eigenvalue weighted by molar-refractivity contribution is -0.0195. The largest absolute Gasteiger partial charge is 0.355 e. The van der Waals surface area contributed by atoms with Gasteiger partial charge < -0.3 is 10.1 Å². The second-order valence-corrected chi connectivity index (χ2v) is 3.58. The summed E-state index contributed by atoms with van der Waals surface area (Å²) in [6.07, 6.45) is 0.398. The molecule has 0 amide bonds. The Kier molecular flexibility index (Phi) is 1.27. The summed E-state index contributed by atoms with van der Waals surface area (Å²) in [6.45, 7) is 6.20. The Morgan fingerprint density at radius 3 is 2.90 bits per heavy atom. The number of fused-ring (bicyclic) bond motifs is 1. The van der Waals surface area contributed by atoms with Crippen LogP contribution in [0.3, 0.4) is 0 Å². The Morgan fingerprint density at radius 2 is 2.20 bits per heavy atom. The molecule has 0 bridgehead atoms. The average Bonchev–Trinajstić information content (AvgIpc) is 2.20. The van der Waals surface area contributed by atoms with Gasteiger partial charge in [-0.1, -0.05) is 0 Å². The van der Waals surface area contributed by atoms with Crippen LogP contribution in [0.2, 0.25) is 0 Å². The molecule has 0 spiro atoms. The van der Waals surface area contributed by atoms with Crippen molar-refractivity contribution in [2.75, 3.05) is 13.1 Å². The summed E-state index contributed by atoms with van der Waals surface area (Å²) in [4.78, 5) is 0. The normalized spacial score (nSPS) is 43.8. The maximum absolute atomic E-state index is 5.70. The lowest BCUT2D eigenvalue weighted by Gasteiger charge is -2.19. The van der Waals surface area contributed by atoms with Crippen LogP contribution in [-0.2, 0) is 4.74 Å². The predicted octanol–water partition coefficient (Wildman–Crippen LogP) is -0.317. The zero-order valence-corrected chi connectivity index (χ0v) is 6.48. The monoisotopic (exact) mass is 142 g/mol. The van der Waals surface area contributed by atoms with Crippen molar-refractivity contribution in [2.45, 2.75) is 31.7 Å². The minimum atomic E-state index is -0.0998. The van der Waals surface area contributed by atoms with E-state index < -0.39 is 0 Å². The van der Waals surface area contributed by atoms with E-state index in [1.807, 2.05) is 0 Å². The Balaban J connectivity index is 2.07. The lowest BCUT2D eigenvalue weighted by atomic mass is 10.2. The van der Waals surface area contributed by atoms with Crippen molar-refractivity contribution < 1.29 is 4.74 Å². The summed E-state index contributed by atoms with van der Waals surface area (Å²) in [7, 11) is 0. The van der Waals surface area contributed by atoms with Crippen LogP contribution >= 0.6 is 0 Å². The zero-order valence-electron chi connectivity index (χ0n) is 6.48. The molecule has 10 heavy (non-hydrogen) atoms. The summed E-state index contributed by atoms with van der Waals surface area (Å²) in [5.41, 5.74) is -0.0998. The average molecular weight is 142 g/mol. The molecule has 3 nitrogen and oxygen atoms in total. The molecular formula is C7H14N2O. The van der Waals surface area contributed by atoms with E-state index in [0.717, 1.165) is 13.1 Å². The summed E-state index contributed by atoms with van der Waals surface area (Å²) in [5, 5.41) is 6.68. The molecule has 0 aromatic carbocycles. The second kappa shape index (κ2) is 1.94. The van der Waals surface area contributed by atoms with E-state index in [9.17, 15) is 0 Å². The first-order chi connectivity index (χ1) is 4.67. The third-order valence-electron chi connectivity index (χ3n) is 2.14. The van der Waals surface area contributed by atoms with Crippen LogP contribution in [0.5, 0.6) is 0 Å². The van der Waals surface area contributed by atoms with E-state index in [1.54, 1.807) is 0 Å². The van der Waals surface area contributed by atoms with E-state index in [-0.39, 0.29) is 5.72 Å². The fourth-order valence-electron chi connectivity index (χ4n) is 1.78. The molecular weight excluding hydrogens is 128 g/mol. The van der Waals surface area contributed by atoms with Crippen molar-refractivity contribution in [3.8, 4) is 0 Å². The second-order valence-electron chi connectivity index (χ2n) is 3.58. The summed E-state index contributed by atoms with van der Waals surface area (Å²) in [5.74, 6) is 0. The van der Waals surface area contributed by atoms with Gasteiger partial charge in [0, 0.05) is 19.1 Å². The molecule has 0 aromatic heterocycles. The smallest absolute Gasteiger partial charge is 0.114 e. The van der Waals surface area contributed by atoms with E-state index in [2.05, 4.69) is 24.5 Å². The first-order valence-electron chi connectivity index (χ1n) is 3.84. The van der Waals surface area contributed by atoms with Gasteiger partial charge in [-0.25, -0.2) is 0 Å². The molecule has 0 saturated carbocycles. The highest BCUT2D eigenvalue weighted by Crippen LogP contribution is 2.22. The molecule has 2 aliphatic rings. The molecule has 2 fully saturated rings. The molecule has 0 radical (unpaired) electrons. The molecule has 58 valence electrons. The minimum absolute atomic E-state index is 0.0998. The van der Waals surface area contributed by atoms with Crippen LogP contribution in [-0.4, -0.2) is 31.0 Å². The van der Waals surface area contributed by atoms with Crippen LogP contribution in [0.1, 0.15) is 13.8 Å².